The van der Waals surface area contributed by atoms with Gasteiger partial charge in [0.05, 0.1) is 5.39 Å². The molecule has 0 unspecified atom stereocenters. The number of nitrogens with two attached hydrogens (primary N) is 1. The molecule has 3 rings (SSSR count). The molecule has 128 valence electrons. The highest BCUT2D eigenvalue weighted by Crippen LogP contribution is 2.35. The number of benzene rings is 1. The van der Waals surface area contributed by atoms with Crippen LogP contribution >= 0.6 is 0 Å². The summed E-state index contributed by atoms with van der Waals surface area (Å²) in [6, 6.07) is 1.09. The van der Waals surface area contributed by atoms with E-state index in [1.807, 2.05) is 0 Å². The summed E-state index contributed by atoms with van der Waals surface area (Å²) in [7, 11) is 0. The summed E-state index contributed by atoms with van der Waals surface area (Å²) < 4.78 is 5.70. The van der Waals surface area contributed by atoms with Crippen LogP contribution in [0.1, 0.15) is 59.0 Å². The molecule has 0 radical (unpaired) electrons. The lowest BCUT2D eigenvalue weighted by Crippen LogP contribution is -2.18. The number of hydrogen-bond acceptors (Lipinski definition) is 4. The minimum Gasteiger partial charge on any atom is -0.475 e. The molecule has 0 aliphatic heterocycles. The number of aryl methyl sites for hydroxylation is 1. The Labute approximate surface area is 140 Å². The number of carbonyl (C=O) groups is 1. The van der Waals surface area contributed by atoms with Gasteiger partial charge in [-0.1, -0.05) is 13.3 Å². The molecule has 0 fully saturated rings. The van der Waals surface area contributed by atoms with E-state index in [0.29, 0.717) is 23.9 Å². The maximum absolute atomic E-state index is 12.7. The molecular weight excluding hydrogens is 306 g/mol. The van der Waals surface area contributed by atoms with Crippen LogP contribution in [0.5, 0.6) is 0 Å². The van der Waals surface area contributed by atoms with E-state index in [4.69, 9.17) is 10.2 Å². The molecule has 5 nitrogen and oxygen atoms in total. The number of hydrogen-bond donors (Lipinski definition) is 2. The second-order valence-electron chi connectivity index (χ2n) is 6.39. The molecule has 5 heteroatoms. The molecule has 2 aromatic rings. The topological polar surface area (TPSA) is 93.5 Å². The van der Waals surface area contributed by atoms with E-state index in [-0.39, 0.29) is 11.2 Å². The molecule has 0 saturated heterocycles. The summed E-state index contributed by atoms with van der Waals surface area (Å²) in [5, 5.41) is 9.78. The zero-order chi connectivity index (χ0) is 17.3. The first-order valence-electron chi connectivity index (χ1n) is 8.65. The van der Waals surface area contributed by atoms with Gasteiger partial charge in [-0.3, -0.25) is 4.79 Å². The molecule has 3 N–H and O–H groups in total. The lowest BCUT2D eigenvalue weighted by molar-refractivity contribution is 0.0663. The Morgan fingerprint density at radius 3 is 2.46 bits per heavy atom. The minimum absolute atomic E-state index is 0.275. The normalized spacial score (nSPS) is 13.9. The second kappa shape index (κ2) is 6.77. The summed E-state index contributed by atoms with van der Waals surface area (Å²) in [6.07, 6.45) is 6.45. The summed E-state index contributed by atoms with van der Waals surface area (Å²) in [6.45, 7) is 2.53. The van der Waals surface area contributed by atoms with E-state index in [1.165, 1.54) is 11.1 Å². The molecule has 0 spiro atoms. The Balaban J connectivity index is 2.46. The van der Waals surface area contributed by atoms with Crippen molar-refractivity contribution in [2.24, 2.45) is 5.73 Å². The van der Waals surface area contributed by atoms with Crippen molar-refractivity contribution in [1.29, 1.82) is 0 Å². The maximum atomic E-state index is 12.7. The average molecular weight is 329 g/mol. The highest BCUT2D eigenvalue weighted by molar-refractivity contribution is 5.91. The van der Waals surface area contributed by atoms with Gasteiger partial charge < -0.3 is 15.3 Å². The minimum atomic E-state index is -1.21. The van der Waals surface area contributed by atoms with Crippen LogP contribution in [-0.2, 0) is 25.7 Å². The van der Waals surface area contributed by atoms with Gasteiger partial charge in [-0.25, -0.2) is 4.79 Å². The molecule has 1 aliphatic carbocycles. The molecule has 0 atom stereocenters. The molecule has 1 aromatic carbocycles. The number of rotatable bonds is 5. The van der Waals surface area contributed by atoms with Gasteiger partial charge in [0.25, 0.3) is 0 Å². The van der Waals surface area contributed by atoms with E-state index < -0.39 is 5.97 Å². The van der Waals surface area contributed by atoms with Gasteiger partial charge >= 0.3 is 5.97 Å². The largest absolute Gasteiger partial charge is 0.475 e. The Hall–Kier alpha value is -2.14. The first-order chi connectivity index (χ1) is 11.6. The maximum Gasteiger partial charge on any atom is 0.371 e. The molecule has 0 amide bonds. The van der Waals surface area contributed by atoms with Gasteiger partial charge in [-0.15, -0.1) is 0 Å². The summed E-state index contributed by atoms with van der Waals surface area (Å²) in [5.41, 5.74) is 10.5. The van der Waals surface area contributed by atoms with Crippen molar-refractivity contribution in [3.05, 3.63) is 44.3 Å². The molecular formula is C19H23NO4. The number of carboxylic acid groups (broad SMARTS) is 1. The summed E-state index contributed by atoms with van der Waals surface area (Å²) >= 11 is 0. The summed E-state index contributed by atoms with van der Waals surface area (Å²) in [4.78, 5) is 24.0. The monoisotopic (exact) mass is 329 g/mol. The van der Waals surface area contributed by atoms with Gasteiger partial charge in [-0.05, 0) is 67.3 Å². The first-order valence-corrected chi connectivity index (χ1v) is 8.65. The van der Waals surface area contributed by atoms with Crippen LogP contribution in [0.15, 0.2) is 15.3 Å². The van der Waals surface area contributed by atoms with E-state index in [1.54, 1.807) is 0 Å². The fourth-order valence-electron chi connectivity index (χ4n) is 3.89. The average Bonchev–Trinajstić information content (AvgIpc) is 2.57. The standard InChI is InChI=1S/C19H23NO4/c1-2-5-14-12-7-4-3-6-11(12)13(8-9-20)17-15(21)10-16(19(22)23)24-18(14)17/h10H,2-9,20H2,1H3,(H,22,23). The second-order valence-corrected chi connectivity index (χ2v) is 6.39. The zero-order valence-electron chi connectivity index (χ0n) is 14.0. The Bertz CT molecular complexity index is 851. The molecule has 0 bridgehead atoms. The number of fused-ring (bicyclic) bond motifs is 2. The predicted octanol–water partition coefficient (Wildman–Crippen LogP) is 2.82. The SMILES string of the molecule is CCCc1c2c(c(CCN)c3c(=O)cc(C(=O)O)oc13)CCCC2. The van der Waals surface area contributed by atoms with E-state index in [0.717, 1.165) is 55.7 Å². The fourth-order valence-corrected chi connectivity index (χ4v) is 3.89. The van der Waals surface area contributed by atoms with Gasteiger partial charge in [0.15, 0.2) is 5.43 Å². The van der Waals surface area contributed by atoms with Crippen molar-refractivity contribution < 1.29 is 14.3 Å². The van der Waals surface area contributed by atoms with Crippen LogP contribution in [0.25, 0.3) is 11.0 Å². The van der Waals surface area contributed by atoms with Crippen molar-refractivity contribution >= 4 is 16.9 Å². The third kappa shape index (κ3) is 2.73. The van der Waals surface area contributed by atoms with Crippen LogP contribution in [0, 0.1) is 0 Å². The Morgan fingerprint density at radius 2 is 1.88 bits per heavy atom. The highest BCUT2D eigenvalue weighted by atomic mass is 16.4. The van der Waals surface area contributed by atoms with Crippen LogP contribution in [-0.4, -0.2) is 17.6 Å². The predicted molar refractivity (Wildman–Crippen MR) is 92.8 cm³/mol. The quantitative estimate of drug-likeness (QED) is 0.880. The van der Waals surface area contributed by atoms with Gasteiger partial charge in [0.2, 0.25) is 5.76 Å². The van der Waals surface area contributed by atoms with E-state index in [9.17, 15) is 14.7 Å². The third-order valence-electron chi connectivity index (χ3n) is 4.83. The highest BCUT2D eigenvalue weighted by Gasteiger charge is 2.25. The van der Waals surface area contributed by atoms with E-state index in [2.05, 4.69) is 6.92 Å². The third-order valence-corrected chi connectivity index (χ3v) is 4.83. The Kier molecular flexibility index (Phi) is 4.71. The molecule has 1 heterocycles. The van der Waals surface area contributed by atoms with Gasteiger partial charge in [-0.2, -0.15) is 0 Å². The van der Waals surface area contributed by atoms with Crippen molar-refractivity contribution in [3.8, 4) is 0 Å². The van der Waals surface area contributed by atoms with Crippen LogP contribution in [0.2, 0.25) is 0 Å². The fraction of sp³-hybridized carbons (Fsp3) is 0.474. The lowest BCUT2D eigenvalue weighted by Gasteiger charge is -2.24. The van der Waals surface area contributed by atoms with Crippen LogP contribution in [0.3, 0.4) is 0 Å². The first kappa shape index (κ1) is 16.7. The Morgan fingerprint density at radius 1 is 1.21 bits per heavy atom. The lowest BCUT2D eigenvalue weighted by atomic mass is 9.81. The smallest absolute Gasteiger partial charge is 0.371 e. The zero-order valence-corrected chi connectivity index (χ0v) is 14.0. The van der Waals surface area contributed by atoms with Gasteiger partial charge in [0.1, 0.15) is 5.58 Å². The molecule has 1 aliphatic rings. The van der Waals surface area contributed by atoms with E-state index >= 15 is 0 Å². The van der Waals surface area contributed by atoms with Crippen molar-refractivity contribution in [2.45, 2.75) is 51.9 Å². The number of carboxylic acids is 1. The summed E-state index contributed by atoms with van der Waals surface area (Å²) in [5.74, 6) is -1.51. The number of aromatic carboxylic acids is 1. The van der Waals surface area contributed by atoms with Crippen LogP contribution in [0.4, 0.5) is 0 Å². The van der Waals surface area contributed by atoms with Crippen molar-refractivity contribution in [2.75, 3.05) is 6.54 Å². The van der Waals surface area contributed by atoms with Crippen molar-refractivity contribution in [1.82, 2.24) is 0 Å². The molecule has 0 saturated carbocycles. The van der Waals surface area contributed by atoms with Gasteiger partial charge in [0, 0.05) is 6.07 Å². The van der Waals surface area contributed by atoms with Crippen molar-refractivity contribution in [3.63, 3.8) is 0 Å². The molecule has 24 heavy (non-hydrogen) atoms. The molecule has 1 aromatic heterocycles. The van der Waals surface area contributed by atoms with Crippen LogP contribution < -0.4 is 11.2 Å².